The van der Waals surface area contributed by atoms with Crippen LogP contribution in [0, 0.1) is 6.92 Å². The number of ether oxygens (including phenoxy) is 1. The molecule has 0 bridgehead atoms. The first-order valence-corrected chi connectivity index (χ1v) is 7.03. The van der Waals surface area contributed by atoms with E-state index in [0.29, 0.717) is 24.8 Å². The summed E-state index contributed by atoms with van der Waals surface area (Å²) in [5, 5.41) is 2.76. The van der Waals surface area contributed by atoms with Crippen LogP contribution < -0.4 is 10.2 Å². The van der Waals surface area contributed by atoms with E-state index in [-0.39, 0.29) is 5.91 Å². The molecule has 1 N–H and O–H groups in total. The van der Waals surface area contributed by atoms with Gasteiger partial charge < -0.3 is 15.0 Å². The lowest BCUT2D eigenvalue weighted by Gasteiger charge is -2.18. The average Bonchev–Trinajstić information content (AvgIpc) is 2.54. The summed E-state index contributed by atoms with van der Waals surface area (Å²) in [5.41, 5.74) is 2.05. The molecular formula is C16H20N4O2. The standard InChI is InChI=1S/C16H20N4O2/c1-12-11-14(15(21)17-9-10-22-3)19-16(18-12)20(2)13-7-5-4-6-8-13/h4-8,11H,9-10H2,1-3H3,(H,17,21). The van der Waals surface area contributed by atoms with Crippen molar-refractivity contribution in [3.8, 4) is 0 Å². The Balaban J connectivity index is 2.21. The molecular weight excluding hydrogens is 280 g/mol. The molecule has 22 heavy (non-hydrogen) atoms. The first kappa shape index (κ1) is 15.9. The van der Waals surface area contributed by atoms with Crippen LogP contribution in [0.25, 0.3) is 0 Å². The normalized spacial score (nSPS) is 10.3. The van der Waals surface area contributed by atoms with E-state index in [1.807, 2.05) is 49.2 Å². The van der Waals surface area contributed by atoms with Crippen LogP contribution in [-0.2, 0) is 4.74 Å². The van der Waals surface area contributed by atoms with Crippen LogP contribution in [0.15, 0.2) is 36.4 Å². The number of benzene rings is 1. The molecule has 6 heteroatoms. The number of nitrogens with one attached hydrogen (secondary N) is 1. The molecule has 1 aromatic carbocycles. The van der Waals surface area contributed by atoms with Gasteiger partial charge in [0.1, 0.15) is 5.69 Å². The number of nitrogens with zero attached hydrogens (tertiary/aromatic N) is 3. The summed E-state index contributed by atoms with van der Waals surface area (Å²) < 4.78 is 4.92. The minimum absolute atomic E-state index is 0.231. The van der Waals surface area contributed by atoms with Crippen molar-refractivity contribution in [2.75, 3.05) is 32.2 Å². The van der Waals surface area contributed by atoms with Crippen LogP contribution in [0.1, 0.15) is 16.2 Å². The highest BCUT2D eigenvalue weighted by Crippen LogP contribution is 2.19. The first-order valence-electron chi connectivity index (χ1n) is 7.03. The number of hydrogen-bond donors (Lipinski definition) is 1. The van der Waals surface area contributed by atoms with E-state index >= 15 is 0 Å². The Labute approximate surface area is 130 Å². The van der Waals surface area contributed by atoms with E-state index in [9.17, 15) is 4.79 Å². The van der Waals surface area contributed by atoms with Crippen molar-refractivity contribution in [3.05, 3.63) is 47.8 Å². The Morgan fingerprint density at radius 1 is 1.27 bits per heavy atom. The van der Waals surface area contributed by atoms with Gasteiger partial charge >= 0.3 is 0 Å². The van der Waals surface area contributed by atoms with Gasteiger partial charge in [0, 0.05) is 32.1 Å². The van der Waals surface area contributed by atoms with Gasteiger partial charge in [0.2, 0.25) is 5.95 Å². The number of hydrogen-bond acceptors (Lipinski definition) is 5. The fourth-order valence-electron chi connectivity index (χ4n) is 1.94. The molecule has 1 amide bonds. The highest BCUT2D eigenvalue weighted by atomic mass is 16.5. The summed E-state index contributed by atoms with van der Waals surface area (Å²) in [6, 6.07) is 11.4. The number of amides is 1. The largest absolute Gasteiger partial charge is 0.383 e. The van der Waals surface area contributed by atoms with Gasteiger partial charge in [-0.1, -0.05) is 18.2 Å². The molecule has 0 aliphatic rings. The van der Waals surface area contributed by atoms with Gasteiger partial charge in [-0.25, -0.2) is 9.97 Å². The molecule has 0 radical (unpaired) electrons. The monoisotopic (exact) mass is 300 g/mol. The molecule has 116 valence electrons. The van der Waals surface area contributed by atoms with Crippen LogP contribution in [0.5, 0.6) is 0 Å². The maximum atomic E-state index is 12.1. The second-order valence-corrected chi connectivity index (χ2v) is 4.84. The minimum atomic E-state index is -0.231. The van der Waals surface area contributed by atoms with Gasteiger partial charge in [-0.05, 0) is 25.1 Å². The van der Waals surface area contributed by atoms with Crippen molar-refractivity contribution < 1.29 is 9.53 Å². The van der Waals surface area contributed by atoms with Gasteiger partial charge in [-0.3, -0.25) is 4.79 Å². The number of aromatic nitrogens is 2. The number of methoxy groups -OCH3 is 1. The summed E-state index contributed by atoms with van der Waals surface area (Å²) in [6.45, 7) is 2.75. The van der Waals surface area contributed by atoms with Crippen molar-refractivity contribution in [3.63, 3.8) is 0 Å². The smallest absolute Gasteiger partial charge is 0.270 e. The third-order valence-electron chi connectivity index (χ3n) is 3.11. The van der Waals surface area contributed by atoms with E-state index in [2.05, 4.69) is 15.3 Å². The topological polar surface area (TPSA) is 67.3 Å². The molecule has 2 rings (SSSR count). The molecule has 0 fully saturated rings. The average molecular weight is 300 g/mol. The molecule has 6 nitrogen and oxygen atoms in total. The van der Waals surface area contributed by atoms with Gasteiger partial charge in [-0.15, -0.1) is 0 Å². The van der Waals surface area contributed by atoms with Crippen LogP contribution >= 0.6 is 0 Å². The number of rotatable bonds is 6. The number of para-hydroxylation sites is 1. The third kappa shape index (κ3) is 4.02. The van der Waals surface area contributed by atoms with E-state index in [1.165, 1.54) is 0 Å². The molecule has 1 heterocycles. The lowest BCUT2D eigenvalue weighted by Crippen LogP contribution is -2.28. The van der Waals surface area contributed by atoms with Gasteiger partial charge in [0.15, 0.2) is 0 Å². The molecule has 0 spiro atoms. The Morgan fingerprint density at radius 3 is 2.68 bits per heavy atom. The fraction of sp³-hybridized carbons (Fsp3) is 0.312. The van der Waals surface area contributed by atoms with E-state index in [1.54, 1.807) is 13.2 Å². The zero-order valence-electron chi connectivity index (χ0n) is 13.0. The quantitative estimate of drug-likeness (QED) is 0.826. The maximum Gasteiger partial charge on any atom is 0.270 e. The van der Waals surface area contributed by atoms with Crippen molar-refractivity contribution >= 4 is 17.5 Å². The van der Waals surface area contributed by atoms with Crippen molar-refractivity contribution in [1.29, 1.82) is 0 Å². The molecule has 0 saturated carbocycles. The second kappa shape index (κ2) is 7.51. The first-order chi connectivity index (χ1) is 10.6. The van der Waals surface area contributed by atoms with Crippen LogP contribution in [0.4, 0.5) is 11.6 Å². The Kier molecular flexibility index (Phi) is 5.43. The van der Waals surface area contributed by atoms with Gasteiger partial charge in [0.25, 0.3) is 5.91 Å². The van der Waals surface area contributed by atoms with E-state index in [4.69, 9.17) is 4.74 Å². The van der Waals surface area contributed by atoms with E-state index < -0.39 is 0 Å². The lowest BCUT2D eigenvalue weighted by atomic mass is 10.3. The second-order valence-electron chi connectivity index (χ2n) is 4.84. The zero-order chi connectivity index (χ0) is 15.9. The Hall–Kier alpha value is -2.47. The Morgan fingerprint density at radius 2 is 2.00 bits per heavy atom. The predicted octanol–water partition coefficient (Wildman–Crippen LogP) is 1.93. The van der Waals surface area contributed by atoms with Crippen molar-refractivity contribution in [2.45, 2.75) is 6.92 Å². The van der Waals surface area contributed by atoms with Crippen molar-refractivity contribution in [2.24, 2.45) is 0 Å². The number of anilines is 2. The van der Waals surface area contributed by atoms with E-state index in [0.717, 1.165) is 11.4 Å². The predicted molar refractivity (Wildman–Crippen MR) is 85.5 cm³/mol. The molecule has 0 saturated heterocycles. The summed E-state index contributed by atoms with van der Waals surface area (Å²) in [4.78, 5) is 22.7. The summed E-state index contributed by atoms with van der Waals surface area (Å²) in [7, 11) is 3.46. The third-order valence-corrected chi connectivity index (χ3v) is 3.11. The SMILES string of the molecule is COCCNC(=O)c1cc(C)nc(N(C)c2ccccc2)n1. The molecule has 1 aromatic heterocycles. The molecule has 0 aliphatic heterocycles. The van der Waals surface area contributed by atoms with Crippen LogP contribution in [-0.4, -0.2) is 43.2 Å². The van der Waals surface area contributed by atoms with Crippen LogP contribution in [0.3, 0.4) is 0 Å². The maximum absolute atomic E-state index is 12.1. The molecule has 2 aromatic rings. The number of carbonyl (C=O) groups is 1. The molecule has 0 aliphatic carbocycles. The minimum Gasteiger partial charge on any atom is -0.383 e. The van der Waals surface area contributed by atoms with Crippen LogP contribution in [0.2, 0.25) is 0 Å². The highest BCUT2D eigenvalue weighted by molar-refractivity contribution is 5.92. The van der Waals surface area contributed by atoms with Crippen molar-refractivity contribution in [1.82, 2.24) is 15.3 Å². The van der Waals surface area contributed by atoms with Gasteiger partial charge in [0.05, 0.1) is 6.61 Å². The number of aryl methyl sites for hydroxylation is 1. The molecule has 0 atom stereocenters. The lowest BCUT2D eigenvalue weighted by molar-refractivity contribution is 0.0932. The fourth-order valence-corrected chi connectivity index (χ4v) is 1.94. The van der Waals surface area contributed by atoms with Gasteiger partial charge in [-0.2, -0.15) is 0 Å². The Bertz CT molecular complexity index is 631. The zero-order valence-corrected chi connectivity index (χ0v) is 13.0. The summed E-state index contributed by atoms with van der Waals surface area (Å²) in [6.07, 6.45) is 0. The highest BCUT2D eigenvalue weighted by Gasteiger charge is 2.13. The summed E-state index contributed by atoms with van der Waals surface area (Å²) in [5.74, 6) is 0.258. The summed E-state index contributed by atoms with van der Waals surface area (Å²) >= 11 is 0. The number of carbonyl (C=O) groups excluding carboxylic acids is 1. The molecule has 0 unspecified atom stereocenters.